The van der Waals surface area contributed by atoms with Crippen molar-refractivity contribution in [2.24, 2.45) is 5.73 Å². The van der Waals surface area contributed by atoms with E-state index in [9.17, 15) is 4.79 Å². The van der Waals surface area contributed by atoms with Crippen LogP contribution in [-0.2, 0) is 0 Å². The van der Waals surface area contributed by atoms with Crippen LogP contribution in [0.15, 0.2) is 0 Å². The monoisotopic (exact) mass is 217 g/mol. The molecule has 5 heteroatoms. The molecule has 4 nitrogen and oxygen atoms in total. The van der Waals surface area contributed by atoms with Gasteiger partial charge in [0.05, 0.1) is 11.5 Å². The lowest BCUT2D eigenvalue weighted by molar-refractivity contribution is 0.159. The fourth-order valence-electron chi connectivity index (χ4n) is 0.994. The SMILES string of the molecule is CCN(C)C(=O)N(CC(N)=S)C(C)C. The van der Waals surface area contributed by atoms with Crippen LogP contribution in [0.25, 0.3) is 0 Å². The van der Waals surface area contributed by atoms with Crippen LogP contribution in [0, 0.1) is 0 Å². The summed E-state index contributed by atoms with van der Waals surface area (Å²) >= 11 is 4.80. The molecule has 0 atom stereocenters. The van der Waals surface area contributed by atoms with E-state index in [1.807, 2.05) is 20.8 Å². The molecule has 0 heterocycles. The lowest BCUT2D eigenvalue weighted by Gasteiger charge is -2.30. The van der Waals surface area contributed by atoms with Crippen LogP contribution in [0.5, 0.6) is 0 Å². The van der Waals surface area contributed by atoms with Crippen molar-refractivity contribution in [3.05, 3.63) is 0 Å². The van der Waals surface area contributed by atoms with Crippen molar-refractivity contribution in [1.82, 2.24) is 9.80 Å². The van der Waals surface area contributed by atoms with E-state index in [1.165, 1.54) is 0 Å². The van der Waals surface area contributed by atoms with Gasteiger partial charge in [0.15, 0.2) is 0 Å². The normalized spacial score (nSPS) is 10.1. The summed E-state index contributed by atoms with van der Waals surface area (Å²) in [6.07, 6.45) is 0. The molecular weight excluding hydrogens is 198 g/mol. The quantitative estimate of drug-likeness (QED) is 0.716. The zero-order valence-corrected chi connectivity index (χ0v) is 10.1. The van der Waals surface area contributed by atoms with Crippen molar-refractivity contribution in [2.75, 3.05) is 20.1 Å². The fraction of sp³-hybridized carbons (Fsp3) is 0.778. The smallest absolute Gasteiger partial charge is 0.320 e. The highest BCUT2D eigenvalue weighted by molar-refractivity contribution is 7.80. The summed E-state index contributed by atoms with van der Waals surface area (Å²) in [4.78, 5) is 15.4. The Kier molecular flexibility index (Phi) is 5.45. The number of carbonyl (C=O) groups is 1. The molecule has 0 spiro atoms. The first kappa shape index (κ1) is 13.2. The molecule has 0 aliphatic carbocycles. The van der Waals surface area contributed by atoms with E-state index in [-0.39, 0.29) is 12.1 Å². The molecule has 0 saturated carbocycles. The molecule has 0 aromatic heterocycles. The van der Waals surface area contributed by atoms with Crippen LogP contribution in [0.2, 0.25) is 0 Å². The van der Waals surface area contributed by atoms with Gasteiger partial charge in [-0.2, -0.15) is 0 Å². The molecule has 0 radical (unpaired) electrons. The van der Waals surface area contributed by atoms with Crippen LogP contribution in [-0.4, -0.2) is 47.0 Å². The lowest BCUT2D eigenvalue weighted by Crippen LogP contribution is -2.47. The largest absolute Gasteiger partial charge is 0.392 e. The summed E-state index contributed by atoms with van der Waals surface area (Å²) in [5.41, 5.74) is 5.43. The number of nitrogens with zero attached hydrogens (tertiary/aromatic N) is 2. The van der Waals surface area contributed by atoms with Gasteiger partial charge in [0.25, 0.3) is 0 Å². The molecule has 0 aliphatic rings. The number of rotatable bonds is 4. The van der Waals surface area contributed by atoms with Gasteiger partial charge in [-0.1, -0.05) is 12.2 Å². The first-order valence-electron chi connectivity index (χ1n) is 4.70. The van der Waals surface area contributed by atoms with Crippen LogP contribution >= 0.6 is 12.2 Å². The maximum atomic E-state index is 11.8. The Morgan fingerprint density at radius 3 is 2.29 bits per heavy atom. The van der Waals surface area contributed by atoms with Crippen molar-refractivity contribution >= 4 is 23.2 Å². The van der Waals surface area contributed by atoms with Gasteiger partial charge in [0, 0.05) is 19.6 Å². The van der Waals surface area contributed by atoms with Crippen molar-refractivity contribution < 1.29 is 4.79 Å². The molecule has 2 amide bonds. The predicted molar refractivity (Wildman–Crippen MR) is 62.3 cm³/mol. The standard InChI is InChI=1S/C9H19N3OS/c1-5-11(4)9(13)12(7(2)3)6-8(10)14/h7H,5-6H2,1-4H3,(H2,10,14). The molecule has 0 aromatic carbocycles. The summed E-state index contributed by atoms with van der Waals surface area (Å²) < 4.78 is 0. The molecule has 0 saturated heterocycles. The second-order valence-corrected chi connectivity index (χ2v) is 4.01. The number of nitrogens with two attached hydrogens (primary N) is 1. The number of amides is 2. The van der Waals surface area contributed by atoms with Gasteiger partial charge < -0.3 is 15.5 Å². The van der Waals surface area contributed by atoms with Crippen LogP contribution in [0.4, 0.5) is 4.79 Å². The molecular formula is C9H19N3OS. The number of carbonyl (C=O) groups excluding carboxylic acids is 1. The van der Waals surface area contributed by atoms with E-state index in [0.717, 1.165) is 0 Å². The molecule has 82 valence electrons. The van der Waals surface area contributed by atoms with Gasteiger partial charge in [-0.05, 0) is 20.8 Å². The maximum Gasteiger partial charge on any atom is 0.320 e. The minimum absolute atomic E-state index is 0.0321. The topological polar surface area (TPSA) is 49.6 Å². The molecule has 0 aliphatic heterocycles. The second kappa shape index (κ2) is 5.80. The van der Waals surface area contributed by atoms with Crippen molar-refractivity contribution in [3.63, 3.8) is 0 Å². The Labute approximate surface area is 91.0 Å². The molecule has 0 rings (SSSR count). The Morgan fingerprint density at radius 2 is 2.00 bits per heavy atom. The van der Waals surface area contributed by atoms with Crippen LogP contribution < -0.4 is 5.73 Å². The average Bonchev–Trinajstić information content (AvgIpc) is 2.11. The molecule has 0 unspecified atom stereocenters. The maximum absolute atomic E-state index is 11.8. The second-order valence-electron chi connectivity index (χ2n) is 3.48. The molecule has 0 aromatic rings. The summed E-state index contributed by atoms with van der Waals surface area (Å²) in [5.74, 6) is 0. The summed E-state index contributed by atoms with van der Waals surface area (Å²) in [6, 6.07) is 0.0771. The number of hydrogen-bond acceptors (Lipinski definition) is 2. The van der Waals surface area contributed by atoms with Crippen molar-refractivity contribution in [1.29, 1.82) is 0 Å². The fourth-order valence-corrected chi connectivity index (χ4v) is 1.13. The highest BCUT2D eigenvalue weighted by atomic mass is 32.1. The molecule has 0 fully saturated rings. The van der Waals surface area contributed by atoms with E-state index in [1.54, 1.807) is 16.8 Å². The van der Waals surface area contributed by atoms with E-state index >= 15 is 0 Å². The zero-order valence-electron chi connectivity index (χ0n) is 9.28. The third kappa shape index (κ3) is 3.91. The highest BCUT2D eigenvalue weighted by Crippen LogP contribution is 2.02. The first-order valence-corrected chi connectivity index (χ1v) is 5.11. The Balaban J connectivity index is 4.49. The minimum atomic E-state index is -0.0321. The Hall–Kier alpha value is -0.840. The van der Waals surface area contributed by atoms with Crippen molar-refractivity contribution in [2.45, 2.75) is 26.8 Å². The van der Waals surface area contributed by atoms with Gasteiger partial charge in [-0.3, -0.25) is 0 Å². The first-order chi connectivity index (χ1) is 6.40. The van der Waals surface area contributed by atoms with Gasteiger partial charge in [0.1, 0.15) is 0 Å². The highest BCUT2D eigenvalue weighted by Gasteiger charge is 2.19. The molecule has 0 bridgehead atoms. The minimum Gasteiger partial charge on any atom is -0.392 e. The van der Waals surface area contributed by atoms with Gasteiger partial charge in [-0.15, -0.1) is 0 Å². The Morgan fingerprint density at radius 1 is 1.50 bits per heavy atom. The van der Waals surface area contributed by atoms with Gasteiger partial charge >= 0.3 is 6.03 Å². The summed E-state index contributed by atoms with van der Waals surface area (Å²) in [5, 5.41) is 0. The van der Waals surface area contributed by atoms with E-state index in [2.05, 4.69) is 0 Å². The predicted octanol–water partition coefficient (Wildman–Crippen LogP) is 1.05. The van der Waals surface area contributed by atoms with Gasteiger partial charge in [0.2, 0.25) is 0 Å². The number of thiocarbonyl (C=S) groups is 1. The third-order valence-corrected chi connectivity index (χ3v) is 2.13. The molecule has 2 N–H and O–H groups in total. The average molecular weight is 217 g/mol. The summed E-state index contributed by atoms with van der Waals surface area (Å²) in [7, 11) is 1.76. The number of hydrogen-bond donors (Lipinski definition) is 1. The Bertz CT molecular complexity index is 218. The third-order valence-electron chi connectivity index (χ3n) is 2.00. The lowest BCUT2D eigenvalue weighted by atomic mass is 10.3. The van der Waals surface area contributed by atoms with Crippen LogP contribution in [0.1, 0.15) is 20.8 Å². The number of urea groups is 1. The summed E-state index contributed by atoms with van der Waals surface area (Å²) in [6.45, 7) is 6.84. The van der Waals surface area contributed by atoms with Crippen LogP contribution in [0.3, 0.4) is 0 Å². The van der Waals surface area contributed by atoms with Crippen molar-refractivity contribution in [3.8, 4) is 0 Å². The van der Waals surface area contributed by atoms with Gasteiger partial charge in [-0.25, -0.2) is 4.79 Å². The van der Waals surface area contributed by atoms with E-state index < -0.39 is 0 Å². The van der Waals surface area contributed by atoms with E-state index in [0.29, 0.717) is 18.1 Å². The zero-order chi connectivity index (χ0) is 11.3. The van der Waals surface area contributed by atoms with E-state index in [4.69, 9.17) is 18.0 Å². The molecule has 14 heavy (non-hydrogen) atoms.